The summed E-state index contributed by atoms with van der Waals surface area (Å²) in [4.78, 5) is 16.5. The van der Waals surface area contributed by atoms with Gasteiger partial charge in [-0.2, -0.15) is 5.26 Å². The second-order valence-corrected chi connectivity index (χ2v) is 12.8. The van der Waals surface area contributed by atoms with E-state index < -0.39 is 5.60 Å². The van der Waals surface area contributed by atoms with Gasteiger partial charge in [-0.15, -0.1) is 0 Å². The van der Waals surface area contributed by atoms with Crippen LogP contribution in [0.3, 0.4) is 0 Å². The van der Waals surface area contributed by atoms with Crippen molar-refractivity contribution in [3.63, 3.8) is 0 Å². The standard InChI is InChI=1S/C32H34F2N6OS/c1-4-40(31-37-29(28(18-35)42-31)21-7-9-22(33)10-8-21)27-17-26(20-5-6-20)36-30-24(27)15-23(16-25(30)34)39-13-11-38(12-14-39)19-32(2,3)41/h7-10,15-17,20,41H,4-6,11-14,19H2,1-3H3. The van der Waals surface area contributed by atoms with Crippen molar-refractivity contribution in [2.24, 2.45) is 0 Å². The summed E-state index contributed by atoms with van der Waals surface area (Å²) >= 11 is 1.28. The van der Waals surface area contributed by atoms with Gasteiger partial charge in [-0.05, 0) is 76.1 Å². The quantitative estimate of drug-likeness (QED) is 0.254. The Labute approximate surface area is 248 Å². The molecule has 42 heavy (non-hydrogen) atoms. The van der Waals surface area contributed by atoms with Crippen molar-refractivity contribution < 1.29 is 13.9 Å². The number of benzene rings is 2. The molecule has 7 nitrogen and oxygen atoms in total. The molecule has 3 heterocycles. The molecule has 0 atom stereocenters. The highest BCUT2D eigenvalue weighted by molar-refractivity contribution is 7.16. The molecule has 1 saturated heterocycles. The Kier molecular flexibility index (Phi) is 7.60. The molecule has 1 aliphatic carbocycles. The maximum atomic E-state index is 15.9. The van der Waals surface area contributed by atoms with Crippen LogP contribution >= 0.6 is 11.3 Å². The smallest absolute Gasteiger partial charge is 0.191 e. The zero-order valence-corrected chi connectivity index (χ0v) is 24.9. The van der Waals surface area contributed by atoms with E-state index in [-0.39, 0.29) is 11.6 Å². The van der Waals surface area contributed by atoms with Crippen molar-refractivity contribution in [2.45, 2.75) is 45.1 Å². The number of halogens is 2. The number of hydrogen-bond acceptors (Lipinski definition) is 8. The molecule has 0 radical (unpaired) electrons. The first kappa shape index (κ1) is 28.5. The van der Waals surface area contributed by atoms with E-state index in [1.54, 1.807) is 18.2 Å². The zero-order chi connectivity index (χ0) is 29.6. The molecule has 2 aromatic carbocycles. The summed E-state index contributed by atoms with van der Waals surface area (Å²) in [6.45, 7) is 9.77. The first-order chi connectivity index (χ1) is 20.1. The highest BCUT2D eigenvalue weighted by Crippen LogP contribution is 2.45. The molecular weight excluding hydrogens is 554 g/mol. The highest BCUT2D eigenvalue weighted by Gasteiger charge is 2.30. The number of anilines is 3. The Morgan fingerprint density at radius 1 is 1.07 bits per heavy atom. The van der Waals surface area contributed by atoms with Crippen LogP contribution in [0.25, 0.3) is 22.2 Å². The lowest BCUT2D eigenvalue weighted by Crippen LogP contribution is -2.50. The molecule has 218 valence electrons. The lowest BCUT2D eigenvalue weighted by molar-refractivity contribution is 0.0345. The third kappa shape index (κ3) is 5.82. The number of aromatic nitrogens is 2. The molecule has 0 spiro atoms. The molecule has 1 aliphatic heterocycles. The van der Waals surface area contributed by atoms with E-state index in [0.29, 0.717) is 51.2 Å². The summed E-state index contributed by atoms with van der Waals surface area (Å²) in [5.74, 6) is -0.393. The zero-order valence-electron chi connectivity index (χ0n) is 24.1. The molecule has 0 bridgehead atoms. The normalized spacial score (nSPS) is 16.2. The van der Waals surface area contributed by atoms with Gasteiger partial charge in [0.1, 0.15) is 28.0 Å². The number of nitriles is 1. The van der Waals surface area contributed by atoms with E-state index in [0.717, 1.165) is 56.1 Å². The van der Waals surface area contributed by atoms with Crippen molar-refractivity contribution >= 4 is 38.7 Å². The molecule has 6 rings (SSSR count). The molecule has 0 unspecified atom stereocenters. The minimum Gasteiger partial charge on any atom is -0.389 e. The van der Waals surface area contributed by atoms with Gasteiger partial charge in [-0.3, -0.25) is 4.90 Å². The van der Waals surface area contributed by atoms with Crippen molar-refractivity contribution in [3.8, 4) is 17.3 Å². The Morgan fingerprint density at radius 2 is 1.79 bits per heavy atom. The minimum atomic E-state index is -0.765. The molecular formula is C32H34F2N6OS. The van der Waals surface area contributed by atoms with E-state index in [1.165, 1.54) is 23.5 Å². The number of fused-ring (bicyclic) bond motifs is 1. The van der Waals surface area contributed by atoms with E-state index in [4.69, 9.17) is 9.97 Å². The fourth-order valence-electron chi connectivity index (χ4n) is 5.69. The molecule has 4 aromatic rings. The van der Waals surface area contributed by atoms with Crippen LogP contribution in [0.1, 0.15) is 50.1 Å². The number of aliphatic hydroxyl groups is 1. The molecule has 1 N–H and O–H groups in total. The number of rotatable bonds is 8. The lowest BCUT2D eigenvalue weighted by Gasteiger charge is -2.38. The monoisotopic (exact) mass is 588 g/mol. The van der Waals surface area contributed by atoms with Crippen LogP contribution in [-0.4, -0.2) is 64.8 Å². The predicted octanol–water partition coefficient (Wildman–Crippen LogP) is 6.44. The Morgan fingerprint density at radius 3 is 2.40 bits per heavy atom. The van der Waals surface area contributed by atoms with Crippen LogP contribution in [0.5, 0.6) is 0 Å². The van der Waals surface area contributed by atoms with E-state index in [2.05, 4.69) is 21.9 Å². The third-order valence-electron chi connectivity index (χ3n) is 7.87. The third-order valence-corrected chi connectivity index (χ3v) is 8.85. The summed E-state index contributed by atoms with van der Waals surface area (Å²) in [5, 5.41) is 21.5. The number of nitrogens with zero attached hydrogens (tertiary/aromatic N) is 6. The van der Waals surface area contributed by atoms with Crippen LogP contribution in [0.2, 0.25) is 0 Å². The van der Waals surface area contributed by atoms with Gasteiger partial charge in [0.15, 0.2) is 10.9 Å². The van der Waals surface area contributed by atoms with Gasteiger partial charge in [0.25, 0.3) is 0 Å². The summed E-state index contributed by atoms with van der Waals surface area (Å²) in [7, 11) is 0. The lowest BCUT2D eigenvalue weighted by atomic mass is 10.1. The van der Waals surface area contributed by atoms with Crippen LogP contribution in [0, 0.1) is 23.0 Å². The number of piperazine rings is 1. The molecule has 2 aliphatic rings. The minimum absolute atomic E-state index is 0.315. The Balaban J connectivity index is 1.41. The topological polar surface area (TPSA) is 79.5 Å². The molecule has 2 aromatic heterocycles. The molecule has 0 amide bonds. The summed E-state index contributed by atoms with van der Waals surface area (Å²) in [5.41, 5.74) is 3.24. The van der Waals surface area contributed by atoms with Gasteiger partial charge in [0.2, 0.25) is 0 Å². The van der Waals surface area contributed by atoms with E-state index in [1.807, 2.05) is 31.7 Å². The van der Waals surface area contributed by atoms with Gasteiger partial charge < -0.3 is 14.9 Å². The second-order valence-electron chi connectivity index (χ2n) is 11.8. The average molecular weight is 589 g/mol. The average Bonchev–Trinajstić information content (AvgIpc) is 3.73. The van der Waals surface area contributed by atoms with Gasteiger partial charge >= 0.3 is 0 Å². The Hall–Kier alpha value is -3.65. The van der Waals surface area contributed by atoms with Crippen LogP contribution in [0.4, 0.5) is 25.3 Å². The van der Waals surface area contributed by atoms with Gasteiger partial charge in [-0.25, -0.2) is 18.7 Å². The first-order valence-corrected chi connectivity index (χ1v) is 15.2. The van der Waals surface area contributed by atoms with Gasteiger partial charge in [0, 0.05) is 67.5 Å². The van der Waals surface area contributed by atoms with E-state index in [9.17, 15) is 14.8 Å². The molecule has 10 heteroatoms. The molecule has 2 fully saturated rings. The Bertz CT molecular complexity index is 1650. The van der Waals surface area contributed by atoms with Gasteiger partial charge in [0.05, 0.1) is 11.3 Å². The van der Waals surface area contributed by atoms with Crippen LogP contribution < -0.4 is 9.80 Å². The highest BCUT2D eigenvalue weighted by atomic mass is 32.1. The number of thiazole rings is 1. The SMILES string of the molecule is CCN(c1nc(-c2ccc(F)cc2)c(C#N)s1)c1cc(C2CC2)nc2c(F)cc(N3CCN(CC(C)(C)O)CC3)cc12. The number of hydrogen-bond donors (Lipinski definition) is 1. The van der Waals surface area contributed by atoms with Crippen LogP contribution in [-0.2, 0) is 0 Å². The van der Waals surface area contributed by atoms with Crippen molar-refractivity contribution in [2.75, 3.05) is 49.1 Å². The summed E-state index contributed by atoms with van der Waals surface area (Å²) in [6.07, 6.45) is 2.06. The summed E-state index contributed by atoms with van der Waals surface area (Å²) in [6, 6.07) is 13.9. The van der Waals surface area contributed by atoms with Crippen LogP contribution in [0.15, 0.2) is 42.5 Å². The van der Waals surface area contributed by atoms with E-state index >= 15 is 4.39 Å². The predicted molar refractivity (Wildman–Crippen MR) is 164 cm³/mol. The summed E-state index contributed by atoms with van der Waals surface area (Å²) < 4.78 is 29.4. The number of pyridine rings is 1. The maximum absolute atomic E-state index is 15.9. The largest absolute Gasteiger partial charge is 0.389 e. The van der Waals surface area contributed by atoms with Gasteiger partial charge in [-0.1, -0.05) is 11.3 Å². The van der Waals surface area contributed by atoms with Crippen molar-refractivity contribution in [1.29, 1.82) is 5.26 Å². The fourth-order valence-corrected chi connectivity index (χ4v) is 6.65. The second kappa shape index (κ2) is 11.2. The number of β-amino-alcohol motifs (C(OH)–C–C–N with tert-alkyl or cyclic N) is 1. The maximum Gasteiger partial charge on any atom is 0.191 e. The fraction of sp³-hybridized carbons (Fsp3) is 0.406. The van der Waals surface area contributed by atoms with Crippen molar-refractivity contribution in [1.82, 2.24) is 14.9 Å². The molecule has 1 saturated carbocycles. The first-order valence-electron chi connectivity index (χ1n) is 14.4. The van der Waals surface area contributed by atoms with Crippen molar-refractivity contribution in [3.05, 3.63) is 64.7 Å².